The number of hydrogen-bond acceptors (Lipinski definition) is 4. The molecule has 108 valence electrons. The fraction of sp³-hybridized carbons (Fsp3) is 0.412. The van der Waals surface area contributed by atoms with Crippen LogP contribution in [0.25, 0.3) is 11.3 Å². The van der Waals surface area contributed by atoms with Crippen molar-refractivity contribution in [3.05, 3.63) is 42.5 Å². The molecule has 0 aliphatic carbocycles. The minimum Gasteiger partial charge on any atom is -0.354 e. The van der Waals surface area contributed by atoms with Crippen LogP contribution in [0.1, 0.15) is 6.92 Å². The van der Waals surface area contributed by atoms with Gasteiger partial charge in [0.05, 0.1) is 5.69 Å². The van der Waals surface area contributed by atoms with Crippen molar-refractivity contribution in [2.75, 3.05) is 24.5 Å². The van der Waals surface area contributed by atoms with Crippen LogP contribution in [0.5, 0.6) is 0 Å². The standard InChI is InChI=1S/C17H20N4/c1-12-15-11-21(10-14(15)9-18-12)17-8-7-16(19-20-17)13-5-3-2-4-6-13/h2-8,12,14-15,18H,9-11H2,1H3. The van der Waals surface area contributed by atoms with Crippen LogP contribution in [-0.2, 0) is 0 Å². The molecule has 0 radical (unpaired) electrons. The molecule has 2 aromatic rings. The summed E-state index contributed by atoms with van der Waals surface area (Å²) in [5, 5.41) is 12.4. The van der Waals surface area contributed by atoms with Gasteiger partial charge in [-0.25, -0.2) is 0 Å². The molecule has 1 aromatic carbocycles. The Labute approximate surface area is 125 Å². The van der Waals surface area contributed by atoms with Crippen LogP contribution in [0.2, 0.25) is 0 Å². The largest absolute Gasteiger partial charge is 0.354 e. The zero-order valence-corrected chi connectivity index (χ0v) is 12.2. The number of aromatic nitrogens is 2. The first-order valence-electron chi connectivity index (χ1n) is 7.69. The van der Waals surface area contributed by atoms with Gasteiger partial charge in [0.15, 0.2) is 5.82 Å². The zero-order chi connectivity index (χ0) is 14.2. The number of benzene rings is 1. The van der Waals surface area contributed by atoms with Crippen molar-refractivity contribution < 1.29 is 0 Å². The van der Waals surface area contributed by atoms with E-state index in [1.807, 2.05) is 18.2 Å². The minimum absolute atomic E-state index is 0.622. The van der Waals surface area contributed by atoms with E-state index in [-0.39, 0.29) is 0 Å². The Morgan fingerprint density at radius 1 is 1.05 bits per heavy atom. The fourth-order valence-corrected chi connectivity index (χ4v) is 3.61. The monoisotopic (exact) mass is 280 g/mol. The van der Waals surface area contributed by atoms with Crippen LogP contribution in [-0.4, -0.2) is 35.9 Å². The van der Waals surface area contributed by atoms with E-state index in [9.17, 15) is 0 Å². The Kier molecular flexibility index (Phi) is 3.11. The maximum Gasteiger partial charge on any atom is 0.151 e. The number of nitrogens with one attached hydrogen (secondary N) is 1. The first-order valence-corrected chi connectivity index (χ1v) is 7.69. The van der Waals surface area contributed by atoms with E-state index in [1.165, 1.54) is 0 Å². The maximum atomic E-state index is 4.44. The molecule has 0 amide bonds. The van der Waals surface area contributed by atoms with Gasteiger partial charge in [0.1, 0.15) is 0 Å². The van der Waals surface area contributed by atoms with Gasteiger partial charge >= 0.3 is 0 Å². The molecule has 3 heterocycles. The second-order valence-corrected chi connectivity index (χ2v) is 6.17. The molecule has 1 N–H and O–H groups in total. The third kappa shape index (κ3) is 2.29. The van der Waals surface area contributed by atoms with Crippen LogP contribution >= 0.6 is 0 Å². The molecule has 4 nitrogen and oxygen atoms in total. The summed E-state index contributed by atoms with van der Waals surface area (Å²) in [6.45, 7) is 5.62. The van der Waals surface area contributed by atoms with Gasteiger partial charge in [-0.3, -0.25) is 0 Å². The summed E-state index contributed by atoms with van der Waals surface area (Å²) in [6, 6.07) is 15.0. The summed E-state index contributed by atoms with van der Waals surface area (Å²) < 4.78 is 0. The lowest BCUT2D eigenvalue weighted by Crippen LogP contribution is -2.30. The molecule has 2 aliphatic rings. The summed E-state index contributed by atoms with van der Waals surface area (Å²) in [4.78, 5) is 2.38. The normalized spacial score (nSPS) is 27.9. The van der Waals surface area contributed by atoms with Gasteiger partial charge in [0.25, 0.3) is 0 Å². The van der Waals surface area contributed by atoms with Gasteiger partial charge in [-0.15, -0.1) is 10.2 Å². The van der Waals surface area contributed by atoms with Crippen LogP contribution in [0.15, 0.2) is 42.5 Å². The number of rotatable bonds is 2. The van der Waals surface area contributed by atoms with E-state index >= 15 is 0 Å². The average Bonchev–Trinajstić information content (AvgIpc) is 3.11. The summed E-state index contributed by atoms with van der Waals surface area (Å²) in [7, 11) is 0. The summed E-state index contributed by atoms with van der Waals surface area (Å²) in [5.41, 5.74) is 2.06. The van der Waals surface area contributed by atoms with Crippen molar-refractivity contribution in [1.29, 1.82) is 0 Å². The zero-order valence-electron chi connectivity index (χ0n) is 12.2. The molecule has 1 aromatic heterocycles. The van der Waals surface area contributed by atoms with Crippen LogP contribution in [0, 0.1) is 11.8 Å². The second kappa shape index (κ2) is 5.11. The highest BCUT2D eigenvalue weighted by molar-refractivity contribution is 5.59. The highest BCUT2D eigenvalue weighted by Crippen LogP contribution is 2.32. The molecule has 2 aliphatic heterocycles. The van der Waals surface area contributed by atoms with Gasteiger partial charge in [0.2, 0.25) is 0 Å². The topological polar surface area (TPSA) is 41.0 Å². The highest BCUT2D eigenvalue weighted by atomic mass is 15.3. The van der Waals surface area contributed by atoms with E-state index in [2.05, 4.69) is 51.6 Å². The Bertz CT molecular complexity index is 610. The van der Waals surface area contributed by atoms with Gasteiger partial charge in [-0.05, 0) is 30.9 Å². The first-order chi connectivity index (χ1) is 10.3. The molecule has 4 rings (SSSR count). The van der Waals surface area contributed by atoms with E-state index in [0.717, 1.165) is 48.5 Å². The third-order valence-corrected chi connectivity index (χ3v) is 4.88. The van der Waals surface area contributed by atoms with Gasteiger partial charge in [-0.2, -0.15) is 0 Å². The molecular weight excluding hydrogens is 260 g/mol. The average molecular weight is 280 g/mol. The summed E-state index contributed by atoms with van der Waals surface area (Å²) in [6.07, 6.45) is 0. The Balaban J connectivity index is 1.53. The molecular formula is C17H20N4. The Morgan fingerprint density at radius 3 is 2.62 bits per heavy atom. The molecule has 2 fully saturated rings. The van der Waals surface area contributed by atoms with Crippen LogP contribution < -0.4 is 10.2 Å². The second-order valence-electron chi connectivity index (χ2n) is 6.17. The van der Waals surface area contributed by atoms with E-state index < -0.39 is 0 Å². The number of nitrogens with zero attached hydrogens (tertiary/aromatic N) is 3. The number of hydrogen-bond donors (Lipinski definition) is 1. The lowest BCUT2D eigenvalue weighted by Gasteiger charge is -2.19. The third-order valence-electron chi connectivity index (χ3n) is 4.88. The van der Waals surface area contributed by atoms with Crippen molar-refractivity contribution in [1.82, 2.24) is 15.5 Å². The molecule has 0 spiro atoms. The van der Waals surface area contributed by atoms with Crippen molar-refractivity contribution in [3.8, 4) is 11.3 Å². The van der Waals surface area contributed by atoms with Crippen LogP contribution in [0.3, 0.4) is 0 Å². The first kappa shape index (κ1) is 12.8. The molecule has 2 saturated heterocycles. The van der Waals surface area contributed by atoms with Gasteiger partial charge in [-0.1, -0.05) is 30.3 Å². The smallest absolute Gasteiger partial charge is 0.151 e. The van der Waals surface area contributed by atoms with Gasteiger partial charge in [0, 0.05) is 31.2 Å². The molecule has 4 heteroatoms. The van der Waals surface area contributed by atoms with Crippen molar-refractivity contribution in [2.24, 2.45) is 11.8 Å². The maximum absolute atomic E-state index is 4.44. The number of anilines is 1. The predicted molar refractivity (Wildman–Crippen MR) is 84.1 cm³/mol. The summed E-state index contributed by atoms with van der Waals surface area (Å²) >= 11 is 0. The lowest BCUT2D eigenvalue weighted by atomic mass is 9.95. The van der Waals surface area contributed by atoms with Crippen molar-refractivity contribution >= 4 is 5.82 Å². The lowest BCUT2D eigenvalue weighted by molar-refractivity contribution is 0.464. The highest BCUT2D eigenvalue weighted by Gasteiger charge is 2.40. The predicted octanol–water partition coefficient (Wildman–Crippen LogP) is 2.19. The van der Waals surface area contributed by atoms with Crippen molar-refractivity contribution in [2.45, 2.75) is 13.0 Å². The fourth-order valence-electron chi connectivity index (χ4n) is 3.61. The molecule has 3 atom stereocenters. The number of fused-ring (bicyclic) bond motifs is 1. The van der Waals surface area contributed by atoms with E-state index in [1.54, 1.807) is 0 Å². The van der Waals surface area contributed by atoms with Crippen LogP contribution in [0.4, 0.5) is 5.82 Å². The quantitative estimate of drug-likeness (QED) is 0.915. The van der Waals surface area contributed by atoms with E-state index in [0.29, 0.717) is 6.04 Å². The van der Waals surface area contributed by atoms with E-state index in [4.69, 9.17) is 0 Å². The molecule has 3 unspecified atom stereocenters. The molecule has 0 bridgehead atoms. The molecule has 0 saturated carbocycles. The van der Waals surface area contributed by atoms with Gasteiger partial charge < -0.3 is 10.2 Å². The minimum atomic E-state index is 0.622. The SMILES string of the molecule is CC1NCC2CN(c3ccc(-c4ccccc4)nn3)CC21. The molecule has 21 heavy (non-hydrogen) atoms. The Morgan fingerprint density at radius 2 is 1.90 bits per heavy atom. The summed E-state index contributed by atoms with van der Waals surface area (Å²) in [5.74, 6) is 2.52. The van der Waals surface area contributed by atoms with Crippen molar-refractivity contribution in [3.63, 3.8) is 0 Å². The Hall–Kier alpha value is -1.94.